The number of carbonyl (C=O) groups is 1. The Bertz CT molecular complexity index is 849. The Labute approximate surface area is 150 Å². The van der Waals surface area contributed by atoms with Gasteiger partial charge < -0.3 is 14.2 Å². The Morgan fingerprint density at radius 2 is 1.92 bits per heavy atom. The fourth-order valence-corrected chi connectivity index (χ4v) is 2.40. The van der Waals surface area contributed by atoms with Crippen LogP contribution in [0.5, 0.6) is 0 Å². The van der Waals surface area contributed by atoms with Crippen LogP contribution >= 0.6 is 11.6 Å². The van der Waals surface area contributed by atoms with Gasteiger partial charge >= 0.3 is 0 Å². The molecular weight excluding hydrogens is 342 g/mol. The summed E-state index contributed by atoms with van der Waals surface area (Å²) in [6.45, 7) is 3.98. The molecule has 0 atom stereocenters. The molecule has 0 aliphatic rings. The van der Waals surface area contributed by atoms with Crippen molar-refractivity contribution in [1.29, 1.82) is 0 Å². The minimum absolute atomic E-state index is 0.111. The second kappa shape index (κ2) is 7.53. The first kappa shape index (κ1) is 17.2. The number of hydrogen-bond acceptors (Lipinski definition) is 5. The molecule has 6 nitrogen and oxygen atoms in total. The number of nitrogens with one attached hydrogen (secondary N) is 1. The molecular formula is C18H18ClN3O3. The molecule has 3 rings (SSSR count). The Morgan fingerprint density at radius 1 is 1.16 bits per heavy atom. The molecule has 130 valence electrons. The summed E-state index contributed by atoms with van der Waals surface area (Å²) >= 11 is 5.87. The maximum Gasteiger partial charge on any atom is 0.220 e. The van der Waals surface area contributed by atoms with E-state index >= 15 is 0 Å². The van der Waals surface area contributed by atoms with Gasteiger partial charge in [0.25, 0.3) is 0 Å². The van der Waals surface area contributed by atoms with Crippen LogP contribution in [-0.2, 0) is 17.8 Å². The van der Waals surface area contributed by atoms with Gasteiger partial charge in [-0.1, -0.05) is 11.6 Å². The third kappa shape index (κ3) is 4.48. The van der Waals surface area contributed by atoms with Crippen LogP contribution in [0.4, 0.5) is 0 Å². The van der Waals surface area contributed by atoms with E-state index in [1.807, 2.05) is 26.0 Å². The van der Waals surface area contributed by atoms with E-state index in [1.165, 1.54) is 0 Å². The smallest absolute Gasteiger partial charge is 0.220 e. The monoisotopic (exact) mass is 359 g/mol. The Balaban J connectivity index is 1.50. The highest BCUT2D eigenvalue weighted by molar-refractivity contribution is 6.30. The highest BCUT2D eigenvalue weighted by Crippen LogP contribution is 2.22. The van der Waals surface area contributed by atoms with Gasteiger partial charge in [-0.2, -0.15) is 0 Å². The summed E-state index contributed by atoms with van der Waals surface area (Å²) in [4.78, 5) is 20.4. The first-order chi connectivity index (χ1) is 12.0. The predicted octanol–water partition coefficient (Wildman–Crippen LogP) is 3.85. The van der Waals surface area contributed by atoms with Gasteiger partial charge in [0, 0.05) is 23.4 Å². The lowest BCUT2D eigenvalue weighted by atomic mass is 10.2. The second-order valence-electron chi connectivity index (χ2n) is 5.65. The van der Waals surface area contributed by atoms with Crippen molar-refractivity contribution in [1.82, 2.24) is 15.3 Å². The minimum atomic E-state index is -0.111. The lowest BCUT2D eigenvalue weighted by Gasteiger charge is -2.01. The third-order valence-electron chi connectivity index (χ3n) is 3.76. The first-order valence-electron chi connectivity index (χ1n) is 7.91. The average Bonchev–Trinajstić information content (AvgIpc) is 3.19. The summed E-state index contributed by atoms with van der Waals surface area (Å²) in [5.41, 5.74) is 1.72. The summed E-state index contributed by atoms with van der Waals surface area (Å²) < 4.78 is 11.1. The molecule has 25 heavy (non-hydrogen) atoms. The van der Waals surface area contributed by atoms with Crippen molar-refractivity contribution in [2.75, 3.05) is 0 Å². The minimum Gasteiger partial charge on any atom is -0.444 e. The number of hydrogen-bond donors (Lipinski definition) is 1. The molecule has 3 aromatic rings. The van der Waals surface area contributed by atoms with Gasteiger partial charge in [-0.25, -0.2) is 9.97 Å². The van der Waals surface area contributed by atoms with Gasteiger partial charge in [-0.15, -0.1) is 0 Å². The molecule has 0 aliphatic heterocycles. The van der Waals surface area contributed by atoms with Crippen molar-refractivity contribution in [2.24, 2.45) is 0 Å². The van der Waals surface area contributed by atoms with Crippen molar-refractivity contribution < 1.29 is 13.6 Å². The number of nitrogens with zero attached hydrogens (tertiary/aromatic N) is 2. The number of carbonyl (C=O) groups excluding carboxylic acids is 1. The van der Waals surface area contributed by atoms with E-state index in [1.54, 1.807) is 18.3 Å². The number of halogens is 1. The molecule has 1 aromatic carbocycles. The number of aryl methyl sites for hydroxylation is 3. The van der Waals surface area contributed by atoms with Crippen molar-refractivity contribution >= 4 is 17.5 Å². The normalized spacial score (nSPS) is 10.8. The van der Waals surface area contributed by atoms with Gasteiger partial charge in [-0.3, -0.25) is 4.79 Å². The van der Waals surface area contributed by atoms with Gasteiger partial charge in [0.1, 0.15) is 5.76 Å². The largest absolute Gasteiger partial charge is 0.444 e. The van der Waals surface area contributed by atoms with Crippen LogP contribution in [-0.4, -0.2) is 15.9 Å². The van der Waals surface area contributed by atoms with Crippen molar-refractivity contribution in [3.8, 4) is 11.3 Å². The zero-order valence-electron chi connectivity index (χ0n) is 14.0. The summed E-state index contributed by atoms with van der Waals surface area (Å²) in [6.07, 6.45) is 2.34. The van der Waals surface area contributed by atoms with Crippen LogP contribution in [0.2, 0.25) is 5.02 Å². The van der Waals surface area contributed by atoms with E-state index < -0.39 is 0 Å². The predicted molar refractivity (Wildman–Crippen MR) is 93.1 cm³/mol. The van der Waals surface area contributed by atoms with E-state index in [2.05, 4.69) is 15.3 Å². The molecule has 1 amide bonds. The Morgan fingerprint density at radius 3 is 2.60 bits per heavy atom. The summed E-state index contributed by atoms with van der Waals surface area (Å²) in [5, 5.41) is 3.44. The van der Waals surface area contributed by atoms with Gasteiger partial charge in [0.15, 0.2) is 11.7 Å². The quantitative estimate of drug-likeness (QED) is 0.723. The third-order valence-corrected chi connectivity index (χ3v) is 4.01. The van der Waals surface area contributed by atoms with Crippen LogP contribution in [0.1, 0.15) is 29.7 Å². The summed E-state index contributed by atoms with van der Waals surface area (Å²) in [5.74, 6) is 2.32. The molecule has 0 fully saturated rings. The molecule has 0 saturated carbocycles. The SMILES string of the molecule is Cc1nc(CNC(=O)CCc2ncc(-c3ccc(Cl)cc3)o2)oc1C. The molecule has 0 bridgehead atoms. The maximum atomic E-state index is 11.9. The van der Waals surface area contributed by atoms with Gasteiger partial charge in [-0.05, 0) is 38.1 Å². The second-order valence-corrected chi connectivity index (χ2v) is 6.09. The van der Waals surface area contributed by atoms with Crippen molar-refractivity contribution in [3.63, 3.8) is 0 Å². The Kier molecular flexibility index (Phi) is 5.19. The highest BCUT2D eigenvalue weighted by Gasteiger charge is 2.11. The molecule has 0 aliphatic carbocycles. The molecule has 0 radical (unpaired) electrons. The average molecular weight is 360 g/mol. The van der Waals surface area contributed by atoms with Crippen LogP contribution in [0.3, 0.4) is 0 Å². The topological polar surface area (TPSA) is 81.2 Å². The molecule has 0 unspecified atom stereocenters. The molecule has 0 saturated heterocycles. The first-order valence-corrected chi connectivity index (χ1v) is 8.29. The molecule has 7 heteroatoms. The van der Waals surface area contributed by atoms with Crippen molar-refractivity contribution in [2.45, 2.75) is 33.2 Å². The molecule has 2 heterocycles. The van der Waals surface area contributed by atoms with E-state index in [9.17, 15) is 4.79 Å². The number of oxazole rings is 2. The van der Waals surface area contributed by atoms with Crippen LogP contribution in [0.15, 0.2) is 39.3 Å². The fourth-order valence-electron chi connectivity index (χ4n) is 2.27. The molecule has 0 spiro atoms. The van der Waals surface area contributed by atoms with Gasteiger partial charge in [0.2, 0.25) is 11.8 Å². The lowest BCUT2D eigenvalue weighted by Crippen LogP contribution is -2.23. The zero-order chi connectivity index (χ0) is 17.8. The van der Waals surface area contributed by atoms with E-state index in [0.29, 0.717) is 29.0 Å². The lowest BCUT2D eigenvalue weighted by molar-refractivity contribution is -0.121. The van der Waals surface area contributed by atoms with E-state index in [4.69, 9.17) is 20.4 Å². The van der Waals surface area contributed by atoms with Crippen LogP contribution < -0.4 is 5.32 Å². The maximum absolute atomic E-state index is 11.9. The Hall–Kier alpha value is -2.60. The van der Waals surface area contributed by atoms with E-state index in [-0.39, 0.29) is 18.9 Å². The van der Waals surface area contributed by atoms with Crippen LogP contribution in [0, 0.1) is 13.8 Å². The number of benzene rings is 1. The molecule has 2 aromatic heterocycles. The number of aromatic nitrogens is 2. The van der Waals surface area contributed by atoms with E-state index in [0.717, 1.165) is 17.0 Å². The number of amides is 1. The summed E-state index contributed by atoms with van der Waals surface area (Å²) in [6, 6.07) is 7.30. The van der Waals surface area contributed by atoms with Crippen molar-refractivity contribution in [3.05, 3.63) is 58.7 Å². The van der Waals surface area contributed by atoms with Gasteiger partial charge in [0.05, 0.1) is 18.4 Å². The fraction of sp³-hybridized carbons (Fsp3) is 0.278. The standard InChI is InChI=1S/C18H18ClN3O3/c1-11-12(2)24-18(22-11)10-20-16(23)7-8-17-21-9-15(25-17)13-3-5-14(19)6-4-13/h3-6,9H,7-8,10H2,1-2H3,(H,20,23). The zero-order valence-corrected chi connectivity index (χ0v) is 14.8. The summed E-state index contributed by atoms with van der Waals surface area (Å²) in [7, 11) is 0. The highest BCUT2D eigenvalue weighted by atomic mass is 35.5. The molecule has 1 N–H and O–H groups in total. The van der Waals surface area contributed by atoms with Crippen LogP contribution in [0.25, 0.3) is 11.3 Å². The number of rotatable bonds is 6.